The van der Waals surface area contributed by atoms with E-state index in [4.69, 9.17) is 14.5 Å². The van der Waals surface area contributed by atoms with Crippen LogP contribution in [0, 0.1) is 19.8 Å². The zero-order valence-corrected chi connectivity index (χ0v) is 18.3. The number of carbonyl (C=O) groups excluding carboxylic acids is 2. The summed E-state index contributed by atoms with van der Waals surface area (Å²) in [5.74, 6) is 0.533. The summed E-state index contributed by atoms with van der Waals surface area (Å²) < 4.78 is 10.5. The van der Waals surface area contributed by atoms with Crippen molar-refractivity contribution in [3.05, 3.63) is 41.5 Å². The topological polar surface area (TPSA) is 80.2 Å². The van der Waals surface area contributed by atoms with Gasteiger partial charge < -0.3 is 19.7 Å². The standard InChI is InChI=1S/C24H27N3O4/c1-14-8-21-22(9-15(14)2)27(24(29)19-6-5-7-20(19)26-21)13-23(28)25-16-10-17(30-3)12-18(11-16)31-4/h8-12,19H,5-7,13H2,1-4H3,(H,25,28). The summed E-state index contributed by atoms with van der Waals surface area (Å²) in [6, 6.07) is 9.11. The van der Waals surface area contributed by atoms with Gasteiger partial charge in [0.25, 0.3) is 0 Å². The number of ether oxygens (including phenoxy) is 2. The molecule has 0 radical (unpaired) electrons. The SMILES string of the molecule is COc1cc(NC(=O)CN2C(=O)C3CCCC3=Nc3cc(C)c(C)cc32)cc(OC)c1. The molecule has 1 fully saturated rings. The summed E-state index contributed by atoms with van der Waals surface area (Å²) in [5.41, 5.74) is 5.08. The highest BCUT2D eigenvalue weighted by molar-refractivity contribution is 6.17. The van der Waals surface area contributed by atoms with Crippen LogP contribution in [-0.2, 0) is 9.59 Å². The number of benzene rings is 2. The molecule has 2 aliphatic rings. The number of anilines is 2. The fourth-order valence-corrected chi connectivity index (χ4v) is 4.17. The van der Waals surface area contributed by atoms with Gasteiger partial charge in [0, 0.05) is 29.6 Å². The first-order valence-corrected chi connectivity index (χ1v) is 10.4. The zero-order valence-electron chi connectivity index (χ0n) is 18.3. The molecule has 1 N–H and O–H groups in total. The Morgan fingerprint density at radius 1 is 1.10 bits per heavy atom. The summed E-state index contributed by atoms with van der Waals surface area (Å²) in [6.07, 6.45) is 2.54. The van der Waals surface area contributed by atoms with Crippen molar-refractivity contribution in [2.45, 2.75) is 33.1 Å². The molecular formula is C24H27N3O4. The molecule has 2 amide bonds. The van der Waals surface area contributed by atoms with E-state index in [2.05, 4.69) is 5.32 Å². The van der Waals surface area contributed by atoms with Crippen molar-refractivity contribution in [2.24, 2.45) is 10.9 Å². The maximum Gasteiger partial charge on any atom is 0.244 e. The Labute approximate surface area is 182 Å². The lowest BCUT2D eigenvalue weighted by atomic mass is 10.0. The number of fused-ring (bicyclic) bond motifs is 2. The number of hydrogen-bond acceptors (Lipinski definition) is 5. The maximum atomic E-state index is 13.4. The minimum atomic E-state index is -0.297. The first-order valence-electron chi connectivity index (χ1n) is 10.4. The van der Waals surface area contributed by atoms with Crippen LogP contribution in [0.4, 0.5) is 17.1 Å². The predicted octanol–water partition coefficient (Wildman–Crippen LogP) is 4.18. The molecule has 162 valence electrons. The number of nitrogens with zero attached hydrogens (tertiary/aromatic N) is 2. The zero-order chi connectivity index (χ0) is 22.1. The minimum absolute atomic E-state index is 0.0587. The normalized spacial score (nSPS) is 17.4. The molecule has 1 heterocycles. The highest BCUT2D eigenvalue weighted by Gasteiger charge is 2.37. The number of aliphatic imine (C=N–C) groups is 1. The number of nitrogens with one attached hydrogen (secondary N) is 1. The quantitative estimate of drug-likeness (QED) is 0.785. The number of methoxy groups -OCH3 is 2. The van der Waals surface area contributed by atoms with Crippen LogP contribution in [-0.4, -0.2) is 38.3 Å². The van der Waals surface area contributed by atoms with E-state index in [0.29, 0.717) is 22.9 Å². The van der Waals surface area contributed by atoms with Gasteiger partial charge in [0.1, 0.15) is 18.0 Å². The summed E-state index contributed by atoms with van der Waals surface area (Å²) in [4.78, 5) is 32.8. The summed E-state index contributed by atoms with van der Waals surface area (Å²) in [6.45, 7) is 3.94. The molecule has 0 bridgehead atoms. The van der Waals surface area contributed by atoms with E-state index in [-0.39, 0.29) is 24.3 Å². The van der Waals surface area contributed by atoms with Crippen molar-refractivity contribution < 1.29 is 19.1 Å². The molecule has 2 aromatic rings. The molecule has 1 saturated carbocycles. The second-order valence-electron chi connectivity index (χ2n) is 8.05. The van der Waals surface area contributed by atoms with Gasteiger partial charge in [-0.05, 0) is 56.4 Å². The Hall–Kier alpha value is -3.35. The Morgan fingerprint density at radius 3 is 2.45 bits per heavy atom. The van der Waals surface area contributed by atoms with E-state index >= 15 is 0 Å². The van der Waals surface area contributed by atoms with Gasteiger partial charge in [0.2, 0.25) is 11.8 Å². The highest BCUT2D eigenvalue weighted by Crippen LogP contribution is 2.39. The van der Waals surface area contributed by atoms with Gasteiger partial charge in [-0.15, -0.1) is 0 Å². The van der Waals surface area contributed by atoms with Crippen molar-refractivity contribution in [2.75, 3.05) is 31.0 Å². The van der Waals surface area contributed by atoms with E-state index in [0.717, 1.165) is 41.8 Å². The maximum absolute atomic E-state index is 13.4. The van der Waals surface area contributed by atoms with Gasteiger partial charge in [0.15, 0.2) is 0 Å². The molecule has 31 heavy (non-hydrogen) atoms. The molecule has 7 heteroatoms. The Bertz CT molecular complexity index is 1050. The van der Waals surface area contributed by atoms with Crippen LogP contribution in [0.3, 0.4) is 0 Å². The summed E-state index contributed by atoms with van der Waals surface area (Å²) >= 11 is 0. The fourth-order valence-electron chi connectivity index (χ4n) is 4.17. The van der Waals surface area contributed by atoms with Crippen molar-refractivity contribution in [1.82, 2.24) is 0 Å². The lowest BCUT2D eigenvalue weighted by molar-refractivity contribution is -0.122. The third-order valence-electron chi connectivity index (χ3n) is 5.97. The van der Waals surface area contributed by atoms with Crippen molar-refractivity contribution >= 4 is 34.6 Å². The summed E-state index contributed by atoms with van der Waals surface area (Å²) in [7, 11) is 3.10. The van der Waals surface area contributed by atoms with Gasteiger partial charge in [-0.1, -0.05) is 0 Å². The average molecular weight is 421 g/mol. The monoisotopic (exact) mass is 421 g/mol. The molecule has 0 spiro atoms. The third kappa shape index (κ3) is 4.13. The number of rotatable bonds is 5. The molecular weight excluding hydrogens is 394 g/mol. The van der Waals surface area contributed by atoms with Crippen LogP contribution in [0.2, 0.25) is 0 Å². The Kier molecular flexibility index (Phi) is 5.67. The van der Waals surface area contributed by atoms with Gasteiger partial charge in [-0.3, -0.25) is 14.6 Å². The Balaban J connectivity index is 1.64. The molecule has 0 aromatic heterocycles. The number of aryl methyl sites for hydroxylation is 2. The molecule has 0 saturated heterocycles. The smallest absolute Gasteiger partial charge is 0.244 e. The largest absolute Gasteiger partial charge is 0.497 e. The van der Waals surface area contributed by atoms with E-state index in [1.807, 2.05) is 26.0 Å². The lowest BCUT2D eigenvalue weighted by Crippen LogP contribution is -2.42. The van der Waals surface area contributed by atoms with E-state index in [9.17, 15) is 9.59 Å². The Morgan fingerprint density at radius 2 is 1.77 bits per heavy atom. The molecule has 1 aliphatic carbocycles. The second-order valence-corrected chi connectivity index (χ2v) is 8.05. The number of carbonyl (C=O) groups is 2. The highest BCUT2D eigenvalue weighted by atomic mass is 16.5. The van der Waals surface area contributed by atoms with Crippen molar-refractivity contribution in [3.63, 3.8) is 0 Å². The van der Waals surface area contributed by atoms with Crippen LogP contribution in [0.15, 0.2) is 35.3 Å². The molecule has 1 atom stereocenters. The van der Waals surface area contributed by atoms with Crippen LogP contribution >= 0.6 is 0 Å². The second kappa shape index (κ2) is 8.41. The van der Waals surface area contributed by atoms with Gasteiger partial charge >= 0.3 is 0 Å². The number of hydrogen-bond donors (Lipinski definition) is 1. The van der Waals surface area contributed by atoms with E-state index in [1.165, 1.54) is 0 Å². The van der Waals surface area contributed by atoms with Crippen molar-refractivity contribution in [3.8, 4) is 11.5 Å². The first-order chi connectivity index (χ1) is 14.9. The van der Waals surface area contributed by atoms with Gasteiger partial charge in [0.05, 0.1) is 31.5 Å². The number of amides is 2. The molecule has 2 aromatic carbocycles. The molecule has 1 aliphatic heterocycles. The van der Waals surface area contributed by atoms with Crippen LogP contribution in [0.25, 0.3) is 0 Å². The van der Waals surface area contributed by atoms with Gasteiger partial charge in [-0.2, -0.15) is 0 Å². The molecule has 7 nitrogen and oxygen atoms in total. The summed E-state index contributed by atoms with van der Waals surface area (Å²) in [5, 5.41) is 2.87. The van der Waals surface area contributed by atoms with Crippen LogP contribution in [0.1, 0.15) is 30.4 Å². The van der Waals surface area contributed by atoms with Crippen molar-refractivity contribution in [1.29, 1.82) is 0 Å². The third-order valence-corrected chi connectivity index (χ3v) is 5.97. The average Bonchev–Trinajstić information content (AvgIpc) is 3.18. The molecule has 1 unspecified atom stereocenters. The van der Waals surface area contributed by atoms with Crippen LogP contribution < -0.4 is 19.7 Å². The minimum Gasteiger partial charge on any atom is -0.497 e. The lowest BCUT2D eigenvalue weighted by Gasteiger charge is -2.25. The van der Waals surface area contributed by atoms with E-state index < -0.39 is 0 Å². The molecule has 4 rings (SSSR count). The first kappa shape index (κ1) is 20.9. The van der Waals surface area contributed by atoms with Crippen LogP contribution in [0.5, 0.6) is 11.5 Å². The predicted molar refractivity (Wildman–Crippen MR) is 121 cm³/mol. The van der Waals surface area contributed by atoms with Gasteiger partial charge in [-0.25, -0.2) is 0 Å². The fraction of sp³-hybridized carbons (Fsp3) is 0.375. The van der Waals surface area contributed by atoms with E-state index in [1.54, 1.807) is 37.3 Å².